The number of nitrogens with one attached hydrogen (secondary N) is 1. The Hall–Kier alpha value is 0.270. The Morgan fingerprint density at radius 1 is 1.29 bits per heavy atom. The van der Waals surface area contributed by atoms with Crippen LogP contribution in [0.3, 0.4) is 0 Å². The summed E-state index contributed by atoms with van der Waals surface area (Å²) in [6, 6.07) is 1.61. The van der Waals surface area contributed by atoms with E-state index in [1.165, 1.54) is 56.8 Å². The third-order valence-corrected chi connectivity index (χ3v) is 5.02. The zero-order chi connectivity index (χ0) is 12.1. The Kier molecular flexibility index (Phi) is 5.64. The van der Waals surface area contributed by atoms with Crippen LogP contribution in [0.4, 0.5) is 0 Å². The maximum Gasteiger partial charge on any atom is 0.0286 e. The minimum absolute atomic E-state index is 0.730. The van der Waals surface area contributed by atoms with Crippen molar-refractivity contribution in [2.45, 2.75) is 51.6 Å². The van der Waals surface area contributed by atoms with Gasteiger partial charge in [0.25, 0.3) is 0 Å². The average Bonchev–Trinajstić information content (AvgIpc) is 2.82. The molecule has 1 heterocycles. The standard InChI is InChI=1S/C14H28N2S/c1-12(2)9-16(14-5-3-4-6-14)10-13-11-17-8-7-15-13/h12-15H,3-11H2,1-2H3. The normalized spacial score (nSPS) is 27.2. The summed E-state index contributed by atoms with van der Waals surface area (Å²) < 4.78 is 0. The summed E-state index contributed by atoms with van der Waals surface area (Å²) in [4.78, 5) is 2.78. The first-order chi connectivity index (χ1) is 8.25. The monoisotopic (exact) mass is 256 g/mol. The number of rotatable bonds is 5. The van der Waals surface area contributed by atoms with E-state index in [-0.39, 0.29) is 0 Å². The van der Waals surface area contributed by atoms with Gasteiger partial charge in [-0.1, -0.05) is 26.7 Å². The minimum atomic E-state index is 0.730. The number of hydrogen-bond acceptors (Lipinski definition) is 3. The van der Waals surface area contributed by atoms with E-state index < -0.39 is 0 Å². The van der Waals surface area contributed by atoms with Gasteiger partial charge in [0.2, 0.25) is 0 Å². The lowest BCUT2D eigenvalue weighted by atomic mass is 10.1. The zero-order valence-corrected chi connectivity index (χ0v) is 12.3. The van der Waals surface area contributed by atoms with E-state index in [0.29, 0.717) is 0 Å². The molecule has 0 spiro atoms. The summed E-state index contributed by atoms with van der Waals surface area (Å²) in [5.74, 6) is 3.40. The lowest BCUT2D eigenvalue weighted by molar-refractivity contribution is 0.162. The van der Waals surface area contributed by atoms with Gasteiger partial charge in [-0.25, -0.2) is 0 Å². The number of hydrogen-bond donors (Lipinski definition) is 1. The molecule has 0 bridgehead atoms. The van der Waals surface area contributed by atoms with Gasteiger partial charge in [-0.2, -0.15) is 11.8 Å². The Morgan fingerprint density at radius 2 is 2.06 bits per heavy atom. The molecule has 1 aliphatic heterocycles. The van der Waals surface area contributed by atoms with E-state index in [1.807, 2.05) is 0 Å². The molecule has 0 aromatic rings. The molecule has 2 aliphatic rings. The highest BCUT2D eigenvalue weighted by molar-refractivity contribution is 7.99. The van der Waals surface area contributed by atoms with Gasteiger partial charge in [0.15, 0.2) is 0 Å². The van der Waals surface area contributed by atoms with Crippen LogP contribution in [-0.2, 0) is 0 Å². The molecule has 1 aliphatic carbocycles. The molecule has 1 atom stereocenters. The number of nitrogens with zero attached hydrogens (tertiary/aromatic N) is 1. The highest BCUT2D eigenvalue weighted by Crippen LogP contribution is 2.25. The van der Waals surface area contributed by atoms with E-state index in [4.69, 9.17) is 0 Å². The van der Waals surface area contributed by atoms with Crippen LogP contribution in [0.15, 0.2) is 0 Å². The zero-order valence-electron chi connectivity index (χ0n) is 11.5. The second-order valence-corrected chi connectivity index (χ2v) is 7.16. The van der Waals surface area contributed by atoms with E-state index in [2.05, 4.69) is 35.8 Å². The summed E-state index contributed by atoms with van der Waals surface area (Å²) in [6.07, 6.45) is 5.78. The lowest BCUT2D eigenvalue weighted by Gasteiger charge is -2.35. The average molecular weight is 256 g/mol. The molecule has 0 aromatic heterocycles. The van der Waals surface area contributed by atoms with Gasteiger partial charge in [0.1, 0.15) is 0 Å². The first-order valence-corrected chi connectivity index (χ1v) is 8.46. The molecule has 0 amide bonds. The van der Waals surface area contributed by atoms with Crippen molar-refractivity contribution < 1.29 is 0 Å². The minimum Gasteiger partial charge on any atom is -0.311 e. The van der Waals surface area contributed by atoms with Crippen LogP contribution < -0.4 is 5.32 Å². The van der Waals surface area contributed by atoms with Crippen molar-refractivity contribution in [3.8, 4) is 0 Å². The molecule has 1 saturated carbocycles. The van der Waals surface area contributed by atoms with E-state index in [0.717, 1.165) is 18.0 Å². The largest absolute Gasteiger partial charge is 0.311 e. The molecule has 1 saturated heterocycles. The third kappa shape index (κ3) is 4.46. The summed E-state index contributed by atoms with van der Waals surface area (Å²) in [5, 5.41) is 3.68. The molecular formula is C14H28N2S. The van der Waals surface area contributed by atoms with Crippen molar-refractivity contribution in [3.05, 3.63) is 0 Å². The molecule has 2 rings (SSSR count). The van der Waals surface area contributed by atoms with E-state index in [9.17, 15) is 0 Å². The quantitative estimate of drug-likeness (QED) is 0.814. The summed E-state index contributed by atoms with van der Waals surface area (Å²) >= 11 is 2.12. The van der Waals surface area contributed by atoms with Crippen LogP contribution in [0.25, 0.3) is 0 Å². The summed E-state index contributed by atoms with van der Waals surface area (Å²) in [6.45, 7) is 8.47. The molecule has 100 valence electrons. The van der Waals surface area contributed by atoms with Crippen molar-refractivity contribution >= 4 is 11.8 Å². The first-order valence-electron chi connectivity index (χ1n) is 7.31. The van der Waals surface area contributed by atoms with Crippen molar-refractivity contribution in [1.29, 1.82) is 0 Å². The molecule has 0 aromatic carbocycles. The van der Waals surface area contributed by atoms with Crippen LogP contribution in [0, 0.1) is 5.92 Å². The lowest BCUT2D eigenvalue weighted by Crippen LogP contribution is -2.49. The highest BCUT2D eigenvalue weighted by atomic mass is 32.2. The molecule has 2 nitrogen and oxygen atoms in total. The predicted octanol–water partition coefficient (Wildman–Crippen LogP) is 2.59. The summed E-state index contributed by atoms with van der Waals surface area (Å²) in [7, 11) is 0. The van der Waals surface area contributed by atoms with Crippen molar-refractivity contribution in [2.75, 3.05) is 31.1 Å². The highest BCUT2D eigenvalue weighted by Gasteiger charge is 2.26. The predicted molar refractivity (Wildman–Crippen MR) is 77.8 cm³/mol. The number of thioether (sulfide) groups is 1. The fourth-order valence-electron chi connectivity index (χ4n) is 3.13. The Balaban J connectivity index is 1.84. The van der Waals surface area contributed by atoms with Gasteiger partial charge in [0, 0.05) is 43.2 Å². The van der Waals surface area contributed by atoms with Crippen LogP contribution in [0.1, 0.15) is 39.5 Å². The second kappa shape index (κ2) is 7.01. The molecule has 2 fully saturated rings. The van der Waals surface area contributed by atoms with Crippen molar-refractivity contribution in [2.24, 2.45) is 5.92 Å². The van der Waals surface area contributed by atoms with Crippen LogP contribution in [0.2, 0.25) is 0 Å². The smallest absolute Gasteiger partial charge is 0.0286 e. The van der Waals surface area contributed by atoms with Gasteiger partial charge in [0.05, 0.1) is 0 Å². The first kappa shape index (κ1) is 13.7. The maximum atomic E-state index is 3.68. The van der Waals surface area contributed by atoms with Gasteiger partial charge in [-0.05, 0) is 18.8 Å². The maximum absolute atomic E-state index is 3.68. The van der Waals surface area contributed by atoms with Crippen LogP contribution >= 0.6 is 11.8 Å². The van der Waals surface area contributed by atoms with Gasteiger partial charge in [-0.3, -0.25) is 4.90 Å². The Bertz CT molecular complexity index is 208. The van der Waals surface area contributed by atoms with Gasteiger partial charge < -0.3 is 5.32 Å². The SMILES string of the molecule is CC(C)CN(CC1CSCCN1)C1CCCC1. The summed E-state index contributed by atoms with van der Waals surface area (Å²) in [5.41, 5.74) is 0. The van der Waals surface area contributed by atoms with E-state index >= 15 is 0 Å². The second-order valence-electron chi connectivity index (χ2n) is 6.01. The van der Waals surface area contributed by atoms with E-state index in [1.54, 1.807) is 0 Å². The van der Waals surface area contributed by atoms with Crippen molar-refractivity contribution in [1.82, 2.24) is 10.2 Å². The fraction of sp³-hybridized carbons (Fsp3) is 1.00. The van der Waals surface area contributed by atoms with Gasteiger partial charge in [-0.15, -0.1) is 0 Å². The molecule has 0 radical (unpaired) electrons. The molecule has 1 N–H and O–H groups in total. The van der Waals surface area contributed by atoms with Gasteiger partial charge >= 0.3 is 0 Å². The van der Waals surface area contributed by atoms with Crippen LogP contribution in [-0.4, -0.2) is 48.1 Å². The third-order valence-electron chi connectivity index (χ3n) is 3.89. The van der Waals surface area contributed by atoms with Crippen LogP contribution in [0.5, 0.6) is 0 Å². The topological polar surface area (TPSA) is 15.3 Å². The Labute approximate surface area is 111 Å². The molecular weight excluding hydrogens is 228 g/mol. The molecule has 3 heteroatoms. The Morgan fingerprint density at radius 3 is 2.65 bits per heavy atom. The van der Waals surface area contributed by atoms with Crippen molar-refractivity contribution in [3.63, 3.8) is 0 Å². The fourth-order valence-corrected chi connectivity index (χ4v) is 4.07. The molecule has 1 unspecified atom stereocenters. The molecule has 17 heavy (non-hydrogen) atoms.